The van der Waals surface area contributed by atoms with Gasteiger partial charge in [0, 0.05) is 12.3 Å². The molecular formula is C17H17N5O3. The number of pyridine rings is 1. The number of carbonyl (C=O) groups is 1. The van der Waals surface area contributed by atoms with Crippen molar-refractivity contribution in [2.75, 3.05) is 14.2 Å². The van der Waals surface area contributed by atoms with E-state index in [1.165, 1.54) is 7.11 Å². The summed E-state index contributed by atoms with van der Waals surface area (Å²) >= 11 is 0. The van der Waals surface area contributed by atoms with Gasteiger partial charge in [0.25, 0.3) is 5.91 Å². The Balaban J connectivity index is 1.68. The molecule has 0 aliphatic rings. The third-order valence-electron chi connectivity index (χ3n) is 3.53. The van der Waals surface area contributed by atoms with Crippen molar-refractivity contribution in [2.45, 2.75) is 6.54 Å². The van der Waals surface area contributed by atoms with E-state index in [9.17, 15) is 4.79 Å². The predicted molar refractivity (Wildman–Crippen MR) is 89.9 cm³/mol. The van der Waals surface area contributed by atoms with Crippen LogP contribution in [-0.2, 0) is 6.54 Å². The highest BCUT2D eigenvalue weighted by molar-refractivity contribution is 5.97. The second kappa shape index (κ2) is 7.43. The summed E-state index contributed by atoms with van der Waals surface area (Å²) in [6.07, 6.45) is 5.10. The summed E-state index contributed by atoms with van der Waals surface area (Å²) in [5, 5.41) is 10.9. The third kappa shape index (κ3) is 3.74. The molecule has 25 heavy (non-hydrogen) atoms. The molecule has 0 aliphatic heterocycles. The molecule has 3 aromatic rings. The van der Waals surface area contributed by atoms with Gasteiger partial charge in [-0.15, -0.1) is 5.10 Å². The Hall–Kier alpha value is -3.42. The summed E-state index contributed by atoms with van der Waals surface area (Å²) < 4.78 is 12.0. The zero-order chi connectivity index (χ0) is 17.6. The molecule has 0 spiro atoms. The average molecular weight is 339 g/mol. The molecular weight excluding hydrogens is 322 g/mol. The van der Waals surface area contributed by atoms with Crippen molar-refractivity contribution < 1.29 is 14.3 Å². The Bertz CT molecular complexity index is 864. The van der Waals surface area contributed by atoms with Crippen molar-refractivity contribution in [3.05, 3.63) is 60.2 Å². The Morgan fingerprint density at radius 3 is 2.84 bits per heavy atom. The van der Waals surface area contributed by atoms with Crippen LogP contribution in [0.25, 0.3) is 5.69 Å². The zero-order valence-electron chi connectivity index (χ0n) is 13.8. The van der Waals surface area contributed by atoms with E-state index in [2.05, 4.69) is 20.6 Å². The normalized spacial score (nSPS) is 10.3. The fourth-order valence-corrected chi connectivity index (χ4v) is 2.25. The number of carbonyl (C=O) groups excluding carboxylic acids is 1. The average Bonchev–Trinajstić information content (AvgIpc) is 3.15. The highest BCUT2D eigenvalue weighted by atomic mass is 16.5. The maximum Gasteiger partial charge on any atom is 0.255 e. The summed E-state index contributed by atoms with van der Waals surface area (Å²) in [6, 6.07) is 8.70. The van der Waals surface area contributed by atoms with Gasteiger partial charge < -0.3 is 14.8 Å². The molecule has 2 heterocycles. The van der Waals surface area contributed by atoms with Crippen LogP contribution in [0.2, 0.25) is 0 Å². The number of rotatable bonds is 6. The first kappa shape index (κ1) is 16.4. The van der Waals surface area contributed by atoms with Crippen LogP contribution in [0.1, 0.15) is 16.1 Å². The van der Waals surface area contributed by atoms with Crippen LogP contribution >= 0.6 is 0 Å². The van der Waals surface area contributed by atoms with Crippen LogP contribution in [0.5, 0.6) is 11.5 Å². The number of hydrogen-bond acceptors (Lipinski definition) is 6. The molecule has 8 heteroatoms. The van der Waals surface area contributed by atoms with Crippen LogP contribution in [-0.4, -0.2) is 40.1 Å². The van der Waals surface area contributed by atoms with Crippen molar-refractivity contribution in [2.24, 2.45) is 0 Å². The maximum absolute atomic E-state index is 12.4. The summed E-state index contributed by atoms with van der Waals surface area (Å²) in [4.78, 5) is 16.4. The van der Waals surface area contributed by atoms with Crippen LogP contribution in [0, 0.1) is 0 Å². The van der Waals surface area contributed by atoms with Gasteiger partial charge in [0.05, 0.1) is 44.4 Å². The molecule has 0 fully saturated rings. The lowest BCUT2D eigenvalue weighted by atomic mass is 10.1. The molecule has 0 unspecified atom stereocenters. The van der Waals surface area contributed by atoms with Gasteiger partial charge in [0.15, 0.2) is 0 Å². The van der Waals surface area contributed by atoms with Gasteiger partial charge in [0.1, 0.15) is 17.2 Å². The lowest BCUT2D eigenvalue weighted by Gasteiger charge is -2.10. The monoisotopic (exact) mass is 339 g/mol. The maximum atomic E-state index is 12.4. The molecule has 2 aromatic heterocycles. The Morgan fingerprint density at radius 2 is 2.12 bits per heavy atom. The molecule has 1 aromatic carbocycles. The molecule has 128 valence electrons. The Labute approximate surface area is 144 Å². The van der Waals surface area contributed by atoms with E-state index < -0.39 is 0 Å². The van der Waals surface area contributed by atoms with Crippen LogP contribution in [0.15, 0.2) is 48.9 Å². The van der Waals surface area contributed by atoms with Gasteiger partial charge in [-0.2, -0.15) is 0 Å². The summed E-state index contributed by atoms with van der Waals surface area (Å²) in [5.41, 5.74) is 1.84. The number of benzene rings is 1. The molecule has 0 saturated carbocycles. The minimum atomic E-state index is -0.268. The lowest BCUT2D eigenvalue weighted by molar-refractivity contribution is 0.0947. The smallest absolute Gasteiger partial charge is 0.255 e. The van der Waals surface area contributed by atoms with Gasteiger partial charge in [-0.25, -0.2) is 4.68 Å². The number of methoxy groups -OCH3 is 2. The fraction of sp³-hybridized carbons (Fsp3) is 0.176. The minimum Gasteiger partial charge on any atom is -0.497 e. The quantitative estimate of drug-likeness (QED) is 0.734. The van der Waals surface area contributed by atoms with E-state index in [0.717, 1.165) is 5.69 Å². The number of hydrogen-bond donors (Lipinski definition) is 1. The SMILES string of the molecule is COc1ccc(C(=O)NCc2cn(-c3cccnc3)nn2)c(OC)c1. The largest absolute Gasteiger partial charge is 0.497 e. The molecule has 0 saturated heterocycles. The molecule has 0 atom stereocenters. The first-order chi connectivity index (χ1) is 12.2. The van der Waals surface area contributed by atoms with Crippen molar-refractivity contribution >= 4 is 5.91 Å². The second-order valence-electron chi connectivity index (χ2n) is 5.11. The van der Waals surface area contributed by atoms with Crippen molar-refractivity contribution in [1.82, 2.24) is 25.3 Å². The zero-order valence-corrected chi connectivity index (χ0v) is 13.8. The van der Waals surface area contributed by atoms with Gasteiger partial charge in [-0.05, 0) is 24.3 Å². The summed E-state index contributed by atoms with van der Waals surface area (Å²) in [6.45, 7) is 0.244. The van der Waals surface area contributed by atoms with Crippen LogP contribution in [0.4, 0.5) is 0 Å². The molecule has 0 radical (unpaired) electrons. The van der Waals surface area contributed by atoms with E-state index in [0.29, 0.717) is 22.8 Å². The lowest BCUT2D eigenvalue weighted by Crippen LogP contribution is -2.23. The molecule has 1 N–H and O–H groups in total. The number of ether oxygens (including phenoxy) is 2. The predicted octanol–water partition coefficient (Wildman–Crippen LogP) is 1.61. The summed E-state index contributed by atoms with van der Waals surface area (Å²) in [5.74, 6) is 0.791. The van der Waals surface area contributed by atoms with Gasteiger partial charge in [-0.1, -0.05) is 5.21 Å². The van der Waals surface area contributed by atoms with Crippen molar-refractivity contribution in [3.63, 3.8) is 0 Å². The topological polar surface area (TPSA) is 91.2 Å². The van der Waals surface area contributed by atoms with Gasteiger partial charge in [-0.3, -0.25) is 9.78 Å². The van der Waals surface area contributed by atoms with Crippen LogP contribution < -0.4 is 14.8 Å². The first-order valence-corrected chi connectivity index (χ1v) is 7.53. The first-order valence-electron chi connectivity index (χ1n) is 7.53. The number of amides is 1. The summed E-state index contributed by atoms with van der Waals surface area (Å²) in [7, 11) is 3.06. The number of nitrogens with one attached hydrogen (secondary N) is 1. The van der Waals surface area contributed by atoms with E-state index in [4.69, 9.17) is 9.47 Å². The Kier molecular flexibility index (Phi) is 4.89. The van der Waals surface area contributed by atoms with E-state index >= 15 is 0 Å². The van der Waals surface area contributed by atoms with E-state index in [1.807, 2.05) is 12.1 Å². The molecule has 8 nitrogen and oxygen atoms in total. The Morgan fingerprint density at radius 1 is 1.24 bits per heavy atom. The molecule has 3 rings (SSSR count). The minimum absolute atomic E-state index is 0.244. The molecule has 0 aliphatic carbocycles. The second-order valence-corrected chi connectivity index (χ2v) is 5.11. The van der Waals surface area contributed by atoms with Gasteiger partial charge in [0.2, 0.25) is 0 Å². The van der Waals surface area contributed by atoms with E-state index in [1.54, 1.807) is 48.6 Å². The van der Waals surface area contributed by atoms with Crippen LogP contribution in [0.3, 0.4) is 0 Å². The van der Waals surface area contributed by atoms with E-state index in [-0.39, 0.29) is 12.5 Å². The molecule has 0 bridgehead atoms. The fourth-order valence-electron chi connectivity index (χ4n) is 2.25. The standard InChI is InChI=1S/C17H17N5O3/c1-24-14-5-6-15(16(8-14)25-2)17(23)19-9-12-11-22(21-20-12)13-4-3-7-18-10-13/h3-8,10-11H,9H2,1-2H3,(H,19,23). The number of nitrogens with zero attached hydrogens (tertiary/aromatic N) is 4. The highest BCUT2D eigenvalue weighted by Gasteiger charge is 2.14. The third-order valence-corrected chi connectivity index (χ3v) is 3.53. The van der Waals surface area contributed by atoms with Gasteiger partial charge >= 0.3 is 0 Å². The van der Waals surface area contributed by atoms with Crippen molar-refractivity contribution in [1.29, 1.82) is 0 Å². The highest BCUT2D eigenvalue weighted by Crippen LogP contribution is 2.24. The number of aromatic nitrogens is 4. The molecule has 1 amide bonds. The van der Waals surface area contributed by atoms with Crippen molar-refractivity contribution in [3.8, 4) is 17.2 Å².